The Balaban J connectivity index is 1.90. The van der Waals surface area contributed by atoms with Gasteiger partial charge in [0.05, 0.1) is 5.69 Å². The Morgan fingerprint density at radius 3 is 2.28 bits per heavy atom. The molecular weight excluding hydrogens is 316 g/mol. The van der Waals surface area contributed by atoms with Crippen LogP contribution in [0.15, 0.2) is 65.5 Å². The highest BCUT2D eigenvalue weighted by Crippen LogP contribution is 2.21. The van der Waals surface area contributed by atoms with Crippen LogP contribution in [0.1, 0.15) is 21.5 Å². The third-order valence-electron chi connectivity index (χ3n) is 4.12. The van der Waals surface area contributed by atoms with Gasteiger partial charge in [0.15, 0.2) is 0 Å². The molecule has 0 aliphatic carbocycles. The van der Waals surface area contributed by atoms with Crippen LogP contribution in [0, 0.1) is 13.8 Å². The van der Waals surface area contributed by atoms with Gasteiger partial charge < -0.3 is 10.4 Å². The van der Waals surface area contributed by atoms with Gasteiger partial charge in [-0.1, -0.05) is 18.2 Å². The maximum atomic E-state index is 12.3. The van der Waals surface area contributed by atoms with E-state index in [4.69, 9.17) is 0 Å². The second-order valence-electron chi connectivity index (χ2n) is 5.82. The first-order valence-corrected chi connectivity index (χ1v) is 7.86. The number of rotatable bonds is 3. The number of benzene rings is 2. The van der Waals surface area contributed by atoms with E-state index >= 15 is 0 Å². The minimum Gasteiger partial charge on any atom is -0.494 e. The maximum absolute atomic E-state index is 12.3. The Kier molecular flexibility index (Phi) is 4.39. The number of hydrogen-bond acceptors (Lipinski definition) is 3. The van der Waals surface area contributed by atoms with Gasteiger partial charge >= 0.3 is 0 Å². The molecule has 0 saturated carbocycles. The molecule has 126 valence electrons. The fourth-order valence-electron chi connectivity index (χ4n) is 2.54. The highest BCUT2D eigenvalue weighted by atomic mass is 16.3. The monoisotopic (exact) mass is 334 g/mol. The number of anilines is 1. The zero-order valence-corrected chi connectivity index (χ0v) is 14.0. The summed E-state index contributed by atoms with van der Waals surface area (Å²) < 4.78 is 1.22. The second kappa shape index (κ2) is 6.65. The highest BCUT2D eigenvalue weighted by molar-refractivity contribution is 6.04. The molecule has 0 saturated heterocycles. The molecule has 0 unspecified atom stereocenters. The standard InChI is InChI=1S/C20H18N2O3/c1-13-12-18(23)22(20(25)14(13)2)17-10-8-15(9-11-17)19(24)21-16-6-4-3-5-7-16/h3-12,25H,1-2H3,(H,21,24). The van der Waals surface area contributed by atoms with Gasteiger partial charge in [-0.15, -0.1) is 0 Å². The van der Waals surface area contributed by atoms with Gasteiger partial charge in [0.1, 0.15) is 0 Å². The topological polar surface area (TPSA) is 71.3 Å². The van der Waals surface area contributed by atoms with Crippen molar-refractivity contribution in [3.8, 4) is 11.6 Å². The second-order valence-corrected chi connectivity index (χ2v) is 5.82. The molecule has 0 spiro atoms. The molecule has 2 aromatic carbocycles. The van der Waals surface area contributed by atoms with E-state index in [0.29, 0.717) is 22.5 Å². The van der Waals surface area contributed by atoms with E-state index in [1.54, 1.807) is 50.2 Å². The fraction of sp³-hybridized carbons (Fsp3) is 0.100. The SMILES string of the molecule is Cc1cc(=O)n(-c2ccc(C(=O)Nc3ccccc3)cc2)c(O)c1C. The van der Waals surface area contributed by atoms with Crippen molar-refractivity contribution in [1.29, 1.82) is 0 Å². The zero-order chi connectivity index (χ0) is 18.0. The van der Waals surface area contributed by atoms with E-state index in [9.17, 15) is 14.7 Å². The number of nitrogens with zero attached hydrogens (tertiary/aromatic N) is 1. The lowest BCUT2D eigenvalue weighted by Gasteiger charge is -2.12. The van der Waals surface area contributed by atoms with Crippen LogP contribution in [0.2, 0.25) is 0 Å². The van der Waals surface area contributed by atoms with Crippen LogP contribution in [-0.2, 0) is 0 Å². The fourth-order valence-corrected chi connectivity index (χ4v) is 2.54. The summed E-state index contributed by atoms with van der Waals surface area (Å²) >= 11 is 0. The minimum atomic E-state index is -0.318. The summed E-state index contributed by atoms with van der Waals surface area (Å²) in [5, 5.41) is 13.1. The van der Waals surface area contributed by atoms with Crippen LogP contribution < -0.4 is 10.9 Å². The van der Waals surface area contributed by atoms with Gasteiger partial charge in [0, 0.05) is 22.9 Å². The quantitative estimate of drug-likeness (QED) is 0.771. The molecule has 0 aliphatic rings. The number of carbonyl (C=O) groups excluding carboxylic acids is 1. The van der Waals surface area contributed by atoms with Crippen LogP contribution in [0.3, 0.4) is 0 Å². The number of amides is 1. The lowest BCUT2D eigenvalue weighted by atomic mass is 10.1. The first kappa shape index (κ1) is 16.5. The van der Waals surface area contributed by atoms with Gasteiger partial charge in [-0.05, 0) is 55.8 Å². The summed E-state index contributed by atoms with van der Waals surface area (Å²) in [7, 11) is 0. The lowest BCUT2D eigenvalue weighted by molar-refractivity contribution is 0.102. The molecule has 25 heavy (non-hydrogen) atoms. The molecule has 1 aromatic heterocycles. The molecular formula is C20H18N2O3. The largest absolute Gasteiger partial charge is 0.494 e. The van der Waals surface area contributed by atoms with Gasteiger partial charge in [-0.2, -0.15) is 0 Å². The number of hydrogen-bond donors (Lipinski definition) is 2. The summed E-state index contributed by atoms with van der Waals surface area (Å²) in [6, 6.07) is 17.2. The van der Waals surface area contributed by atoms with Crippen LogP contribution in [0.25, 0.3) is 5.69 Å². The smallest absolute Gasteiger partial charge is 0.258 e. The normalized spacial score (nSPS) is 10.5. The van der Waals surface area contributed by atoms with Crippen LogP contribution in [-0.4, -0.2) is 15.6 Å². The average molecular weight is 334 g/mol. The van der Waals surface area contributed by atoms with Crippen molar-refractivity contribution < 1.29 is 9.90 Å². The van der Waals surface area contributed by atoms with Gasteiger partial charge in [-0.3, -0.25) is 9.59 Å². The summed E-state index contributed by atoms with van der Waals surface area (Å²) in [6.07, 6.45) is 0. The summed E-state index contributed by atoms with van der Waals surface area (Å²) in [5.41, 5.74) is 2.73. The molecule has 1 amide bonds. The number of pyridine rings is 1. The van der Waals surface area contributed by atoms with E-state index in [2.05, 4.69) is 5.32 Å². The van der Waals surface area contributed by atoms with Crippen molar-refractivity contribution in [2.75, 3.05) is 5.32 Å². The Bertz CT molecular complexity index is 974. The number of carbonyl (C=O) groups is 1. The number of para-hydroxylation sites is 1. The van der Waals surface area contributed by atoms with Crippen LogP contribution >= 0.6 is 0 Å². The van der Waals surface area contributed by atoms with Gasteiger partial charge in [-0.25, -0.2) is 4.57 Å². The number of aromatic hydroxyl groups is 1. The maximum Gasteiger partial charge on any atom is 0.258 e. The predicted octanol–water partition coefficient (Wildman–Crippen LogP) is 3.41. The molecule has 5 nitrogen and oxygen atoms in total. The van der Waals surface area contributed by atoms with E-state index in [1.165, 1.54) is 10.6 Å². The van der Waals surface area contributed by atoms with Gasteiger partial charge in [0.2, 0.25) is 5.88 Å². The molecule has 3 rings (SSSR count). The molecule has 0 aliphatic heterocycles. The van der Waals surface area contributed by atoms with E-state index < -0.39 is 0 Å². The Labute approximate surface area is 145 Å². The summed E-state index contributed by atoms with van der Waals surface area (Å²) in [5.74, 6) is -0.333. The zero-order valence-electron chi connectivity index (χ0n) is 14.0. The predicted molar refractivity (Wildman–Crippen MR) is 97.6 cm³/mol. The summed E-state index contributed by atoms with van der Waals surface area (Å²) in [6.45, 7) is 3.53. The van der Waals surface area contributed by atoms with Crippen LogP contribution in [0.4, 0.5) is 5.69 Å². The average Bonchev–Trinajstić information content (AvgIpc) is 2.61. The lowest BCUT2D eigenvalue weighted by Crippen LogP contribution is -2.19. The molecule has 0 bridgehead atoms. The van der Waals surface area contributed by atoms with Crippen molar-refractivity contribution in [3.05, 3.63) is 87.7 Å². The Hall–Kier alpha value is -3.34. The van der Waals surface area contributed by atoms with Crippen LogP contribution in [0.5, 0.6) is 5.88 Å². The Morgan fingerprint density at radius 1 is 1.00 bits per heavy atom. The number of aryl methyl sites for hydroxylation is 1. The van der Waals surface area contributed by atoms with Crippen molar-refractivity contribution in [3.63, 3.8) is 0 Å². The third kappa shape index (κ3) is 3.30. The molecule has 0 atom stereocenters. The first-order valence-electron chi connectivity index (χ1n) is 7.86. The van der Waals surface area contributed by atoms with E-state index in [0.717, 1.165) is 5.56 Å². The van der Waals surface area contributed by atoms with Crippen molar-refractivity contribution in [2.45, 2.75) is 13.8 Å². The molecule has 0 radical (unpaired) electrons. The van der Waals surface area contributed by atoms with E-state index in [-0.39, 0.29) is 17.3 Å². The van der Waals surface area contributed by atoms with Gasteiger partial charge in [0.25, 0.3) is 11.5 Å². The molecule has 5 heteroatoms. The molecule has 1 heterocycles. The Morgan fingerprint density at radius 2 is 1.64 bits per heavy atom. The van der Waals surface area contributed by atoms with Crippen molar-refractivity contribution >= 4 is 11.6 Å². The molecule has 2 N–H and O–H groups in total. The third-order valence-corrected chi connectivity index (χ3v) is 4.12. The first-order chi connectivity index (χ1) is 12.0. The molecule has 0 fully saturated rings. The minimum absolute atomic E-state index is 0.0912. The molecule has 3 aromatic rings. The highest BCUT2D eigenvalue weighted by Gasteiger charge is 2.12. The summed E-state index contributed by atoms with van der Waals surface area (Å²) in [4.78, 5) is 24.5. The van der Waals surface area contributed by atoms with Crippen molar-refractivity contribution in [2.24, 2.45) is 0 Å². The van der Waals surface area contributed by atoms with Crippen molar-refractivity contribution in [1.82, 2.24) is 4.57 Å². The van der Waals surface area contributed by atoms with E-state index in [1.807, 2.05) is 18.2 Å². The number of nitrogens with one attached hydrogen (secondary N) is 1. The number of aromatic nitrogens is 1.